The Labute approximate surface area is 125 Å². The van der Waals surface area contributed by atoms with E-state index in [-0.39, 0.29) is 29.7 Å². The van der Waals surface area contributed by atoms with Gasteiger partial charge in [0.15, 0.2) is 0 Å². The molecule has 0 N–H and O–H groups in total. The summed E-state index contributed by atoms with van der Waals surface area (Å²) in [5.41, 5.74) is 0.164. The highest BCUT2D eigenvalue weighted by molar-refractivity contribution is 9.10. The average molecular weight is 344 g/mol. The van der Waals surface area contributed by atoms with E-state index in [1.807, 2.05) is 0 Å². The largest absolute Gasteiger partial charge is 0.465 e. The molecule has 1 rings (SSSR count). The van der Waals surface area contributed by atoms with E-state index in [1.165, 1.54) is 23.1 Å². The standard InChI is InChI=1S/C14H15BrFNO3/c1-3-7-17(9-13(18)20-4-2)14(19)10-5-6-11(15)12(16)8-10/h3,5-6,8H,1,4,7,9H2,2H3. The van der Waals surface area contributed by atoms with Gasteiger partial charge in [0.1, 0.15) is 12.4 Å². The fraction of sp³-hybridized carbons (Fsp3) is 0.286. The number of carbonyl (C=O) groups excluding carboxylic acids is 2. The van der Waals surface area contributed by atoms with Crippen LogP contribution in [0.4, 0.5) is 4.39 Å². The molecule has 0 aliphatic carbocycles. The Balaban J connectivity index is 2.89. The monoisotopic (exact) mass is 343 g/mol. The molecular formula is C14H15BrFNO3. The van der Waals surface area contributed by atoms with Crippen LogP contribution in [0.5, 0.6) is 0 Å². The van der Waals surface area contributed by atoms with Crippen molar-refractivity contribution in [1.82, 2.24) is 4.90 Å². The maximum atomic E-state index is 13.4. The van der Waals surface area contributed by atoms with E-state index in [1.54, 1.807) is 6.92 Å². The minimum Gasteiger partial charge on any atom is -0.465 e. The van der Waals surface area contributed by atoms with Gasteiger partial charge in [-0.15, -0.1) is 6.58 Å². The molecule has 0 fully saturated rings. The molecule has 6 heteroatoms. The Bertz CT molecular complexity index is 519. The molecule has 0 saturated heterocycles. The van der Waals surface area contributed by atoms with Gasteiger partial charge in [-0.25, -0.2) is 4.39 Å². The van der Waals surface area contributed by atoms with Crippen molar-refractivity contribution in [3.63, 3.8) is 0 Å². The van der Waals surface area contributed by atoms with Crippen LogP contribution in [0.2, 0.25) is 0 Å². The summed E-state index contributed by atoms with van der Waals surface area (Å²) in [4.78, 5) is 24.9. The zero-order valence-corrected chi connectivity index (χ0v) is 12.7. The summed E-state index contributed by atoms with van der Waals surface area (Å²) >= 11 is 3.02. The second-order valence-electron chi connectivity index (χ2n) is 3.91. The number of ether oxygens (including phenoxy) is 1. The van der Waals surface area contributed by atoms with Crippen LogP contribution >= 0.6 is 15.9 Å². The van der Waals surface area contributed by atoms with Crippen molar-refractivity contribution in [2.45, 2.75) is 6.92 Å². The zero-order chi connectivity index (χ0) is 15.1. The van der Waals surface area contributed by atoms with E-state index in [0.29, 0.717) is 0 Å². The summed E-state index contributed by atoms with van der Waals surface area (Å²) in [6.07, 6.45) is 1.49. The molecule has 0 unspecified atom stereocenters. The smallest absolute Gasteiger partial charge is 0.325 e. The molecule has 0 bridgehead atoms. The number of amides is 1. The fourth-order valence-corrected chi connectivity index (χ4v) is 1.80. The predicted octanol–water partition coefficient (Wildman–Crippen LogP) is 2.78. The van der Waals surface area contributed by atoms with Gasteiger partial charge in [0, 0.05) is 12.1 Å². The number of esters is 1. The molecule has 1 aromatic carbocycles. The van der Waals surface area contributed by atoms with Crippen LogP contribution in [0.1, 0.15) is 17.3 Å². The summed E-state index contributed by atoms with van der Waals surface area (Å²) in [6, 6.07) is 4.05. The Morgan fingerprint density at radius 1 is 1.50 bits per heavy atom. The number of halogens is 2. The van der Waals surface area contributed by atoms with Crippen molar-refractivity contribution >= 4 is 27.8 Å². The molecule has 0 atom stereocenters. The average Bonchev–Trinajstić information content (AvgIpc) is 2.41. The second kappa shape index (κ2) is 7.79. The molecule has 0 aliphatic heterocycles. The van der Waals surface area contributed by atoms with Crippen molar-refractivity contribution in [1.29, 1.82) is 0 Å². The molecule has 0 aromatic heterocycles. The van der Waals surface area contributed by atoms with E-state index in [4.69, 9.17) is 4.74 Å². The first-order valence-electron chi connectivity index (χ1n) is 6.00. The molecule has 1 aromatic rings. The van der Waals surface area contributed by atoms with Gasteiger partial charge < -0.3 is 9.64 Å². The van der Waals surface area contributed by atoms with Gasteiger partial charge in [-0.2, -0.15) is 0 Å². The van der Waals surface area contributed by atoms with E-state index in [2.05, 4.69) is 22.5 Å². The first kappa shape index (κ1) is 16.4. The first-order valence-corrected chi connectivity index (χ1v) is 6.79. The molecule has 0 heterocycles. The number of benzene rings is 1. The fourth-order valence-electron chi connectivity index (χ4n) is 1.55. The van der Waals surface area contributed by atoms with Gasteiger partial charge in [0.25, 0.3) is 5.91 Å². The van der Waals surface area contributed by atoms with E-state index >= 15 is 0 Å². The van der Waals surface area contributed by atoms with E-state index in [9.17, 15) is 14.0 Å². The predicted molar refractivity (Wildman–Crippen MR) is 76.8 cm³/mol. The minimum atomic E-state index is -0.537. The number of carbonyl (C=O) groups is 2. The Morgan fingerprint density at radius 2 is 2.20 bits per heavy atom. The van der Waals surface area contributed by atoms with Gasteiger partial charge in [-0.3, -0.25) is 9.59 Å². The molecule has 0 aliphatic rings. The molecule has 20 heavy (non-hydrogen) atoms. The number of hydrogen-bond acceptors (Lipinski definition) is 3. The number of hydrogen-bond donors (Lipinski definition) is 0. The van der Waals surface area contributed by atoms with Crippen LogP contribution < -0.4 is 0 Å². The van der Waals surface area contributed by atoms with Gasteiger partial charge in [-0.1, -0.05) is 6.08 Å². The lowest BCUT2D eigenvalue weighted by molar-refractivity contribution is -0.143. The highest BCUT2D eigenvalue weighted by Gasteiger charge is 2.19. The second-order valence-corrected chi connectivity index (χ2v) is 4.76. The molecular weight excluding hydrogens is 329 g/mol. The number of nitrogens with zero attached hydrogens (tertiary/aromatic N) is 1. The van der Waals surface area contributed by atoms with Crippen molar-refractivity contribution in [3.05, 3.63) is 46.7 Å². The van der Waals surface area contributed by atoms with Gasteiger partial charge >= 0.3 is 5.97 Å². The van der Waals surface area contributed by atoms with Crippen LogP contribution in [-0.4, -0.2) is 36.5 Å². The normalized spacial score (nSPS) is 9.95. The summed E-state index contributed by atoms with van der Waals surface area (Å²) in [6.45, 7) is 5.43. The van der Waals surface area contributed by atoms with Gasteiger partial charge in [-0.05, 0) is 41.1 Å². The van der Waals surface area contributed by atoms with E-state index < -0.39 is 17.7 Å². The van der Waals surface area contributed by atoms with Crippen molar-refractivity contribution < 1.29 is 18.7 Å². The van der Waals surface area contributed by atoms with Crippen molar-refractivity contribution in [3.8, 4) is 0 Å². The Morgan fingerprint density at radius 3 is 2.75 bits per heavy atom. The topological polar surface area (TPSA) is 46.6 Å². The third-order valence-electron chi connectivity index (χ3n) is 2.43. The van der Waals surface area contributed by atoms with E-state index in [0.717, 1.165) is 6.07 Å². The van der Waals surface area contributed by atoms with Crippen LogP contribution in [0.25, 0.3) is 0 Å². The summed E-state index contributed by atoms with van der Waals surface area (Å²) < 4.78 is 18.5. The lowest BCUT2D eigenvalue weighted by atomic mass is 10.2. The summed E-state index contributed by atoms with van der Waals surface area (Å²) in [5, 5.41) is 0. The Hall–Kier alpha value is -1.69. The SMILES string of the molecule is C=CCN(CC(=O)OCC)C(=O)c1ccc(Br)c(F)c1. The lowest BCUT2D eigenvalue weighted by Crippen LogP contribution is -2.36. The summed E-state index contributed by atoms with van der Waals surface area (Å²) in [7, 11) is 0. The van der Waals surface area contributed by atoms with Crippen LogP contribution in [0, 0.1) is 5.82 Å². The zero-order valence-electron chi connectivity index (χ0n) is 11.1. The maximum absolute atomic E-state index is 13.4. The first-order chi connectivity index (χ1) is 9.49. The molecule has 1 amide bonds. The summed E-state index contributed by atoms with van der Waals surface area (Å²) in [5.74, 6) is -1.50. The third-order valence-corrected chi connectivity index (χ3v) is 3.07. The molecule has 108 valence electrons. The molecule has 0 spiro atoms. The van der Waals surface area contributed by atoms with Crippen LogP contribution in [0.3, 0.4) is 0 Å². The molecule has 4 nitrogen and oxygen atoms in total. The van der Waals surface area contributed by atoms with Crippen LogP contribution in [-0.2, 0) is 9.53 Å². The van der Waals surface area contributed by atoms with Gasteiger partial charge in [0.05, 0.1) is 11.1 Å². The van der Waals surface area contributed by atoms with Crippen molar-refractivity contribution in [2.75, 3.05) is 19.7 Å². The maximum Gasteiger partial charge on any atom is 0.325 e. The third kappa shape index (κ3) is 4.45. The molecule has 0 radical (unpaired) electrons. The number of rotatable bonds is 6. The highest BCUT2D eigenvalue weighted by atomic mass is 79.9. The van der Waals surface area contributed by atoms with Crippen molar-refractivity contribution in [2.24, 2.45) is 0 Å². The Kier molecular flexibility index (Phi) is 6.38. The van der Waals surface area contributed by atoms with Gasteiger partial charge in [0.2, 0.25) is 0 Å². The quantitative estimate of drug-likeness (QED) is 0.589. The minimum absolute atomic E-state index is 0.164. The van der Waals surface area contributed by atoms with Crippen LogP contribution in [0.15, 0.2) is 35.3 Å². The highest BCUT2D eigenvalue weighted by Crippen LogP contribution is 2.17. The molecule has 0 saturated carbocycles. The lowest BCUT2D eigenvalue weighted by Gasteiger charge is -2.20.